The van der Waals surface area contributed by atoms with Crippen molar-refractivity contribution in [1.29, 1.82) is 0 Å². The van der Waals surface area contributed by atoms with Gasteiger partial charge in [-0.2, -0.15) is 10.2 Å². The molecule has 2 heterocycles. The van der Waals surface area contributed by atoms with Crippen molar-refractivity contribution in [2.24, 2.45) is 0 Å². The van der Waals surface area contributed by atoms with Crippen LogP contribution in [0.25, 0.3) is 16.8 Å². The van der Waals surface area contributed by atoms with Gasteiger partial charge in [0.2, 0.25) is 5.91 Å². The Labute approximate surface area is 180 Å². The number of likely N-dealkylation sites (N-methyl/N-ethyl adjacent to an activating group) is 1. The fourth-order valence-corrected chi connectivity index (χ4v) is 3.53. The van der Waals surface area contributed by atoms with E-state index in [0.717, 1.165) is 17.5 Å². The summed E-state index contributed by atoms with van der Waals surface area (Å²) in [5.74, 6) is 0.363. The van der Waals surface area contributed by atoms with Gasteiger partial charge in [-0.15, -0.1) is 0 Å². The summed E-state index contributed by atoms with van der Waals surface area (Å²) >= 11 is 0. The molecule has 2 aromatic heterocycles. The van der Waals surface area contributed by atoms with Gasteiger partial charge >= 0.3 is 0 Å². The molecule has 0 atom stereocenters. The van der Waals surface area contributed by atoms with Gasteiger partial charge in [-0.05, 0) is 30.5 Å². The van der Waals surface area contributed by atoms with Crippen LogP contribution in [0.2, 0.25) is 0 Å². The zero-order chi connectivity index (χ0) is 22.0. The molecule has 0 saturated heterocycles. The van der Waals surface area contributed by atoms with Crippen molar-refractivity contribution in [3.05, 3.63) is 88.0 Å². The van der Waals surface area contributed by atoms with Crippen LogP contribution in [-0.4, -0.2) is 37.2 Å². The molecule has 0 aliphatic rings. The van der Waals surface area contributed by atoms with Gasteiger partial charge in [0.1, 0.15) is 17.9 Å². The normalized spacial score (nSPS) is 11.1. The number of hydrogen-bond donors (Lipinski definition) is 0. The van der Waals surface area contributed by atoms with E-state index in [1.807, 2.05) is 42.5 Å². The van der Waals surface area contributed by atoms with Gasteiger partial charge in [-0.25, -0.2) is 9.20 Å². The number of amides is 1. The summed E-state index contributed by atoms with van der Waals surface area (Å²) in [6.45, 7) is 4.24. The summed E-state index contributed by atoms with van der Waals surface area (Å²) in [6, 6.07) is 19.6. The number of nitrogens with zero attached hydrogens (tertiary/aromatic N) is 5. The molecule has 7 heteroatoms. The molecule has 0 saturated carbocycles. The van der Waals surface area contributed by atoms with E-state index in [1.165, 1.54) is 10.2 Å². The lowest BCUT2D eigenvalue weighted by Gasteiger charge is -2.17. The number of aryl methyl sites for hydroxylation is 2. The van der Waals surface area contributed by atoms with Crippen LogP contribution in [0.4, 0.5) is 0 Å². The zero-order valence-electron chi connectivity index (χ0n) is 17.9. The molecular weight excluding hydrogens is 390 g/mol. The lowest BCUT2D eigenvalue weighted by molar-refractivity contribution is -0.131. The van der Waals surface area contributed by atoms with E-state index in [0.29, 0.717) is 23.6 Å². The van der Waals surface area contributed by atoms with Crippen LogP contribution in [0, 0.1) is 6.92 Å². The average Bonchev–Trinajstić information content (AvgIpc) is 3.24. The highest BCUT2D eigenvalue weighted by Crippen LogP contribution is 2.19. The molecule has 0 bridgehead atoms. The highest BCUT2D eigenvalue weighted by atomic mass is 16.2. The number of aromatic nitrogens is 4. The quantitative estimate of drug-likeness (QED) is 0.485. The van der Waals surface area contributed by atoms with Crippen LogP contribution in [0.5, 0.6) is 0 Å². The molecule has 4 rings (SSSR count). The first-order valence-electron chi connectivity index (χ1n) is 10.3. The molecule has 158 valence electrons. The van der Waals surface area contributed by atoms with Crippen LogP contribution < -0.4 is 5.56 Å². The molecular formula is C24H25N5O2. The fraction of sp³-hybridized carbons (Fsp3) is 0.250. The number of fused-ring (bicyclic) bond motifs is 1. The fourth-order valence-electron chi connectivity index (χ4n) is 3.53. The van der Waals surface area contributed by atoms with E-state index < -0.39 is 0 Å². The van der Waals surface area contributed by atoms with Gasteiger partial charge in [0.15, 0.2) is 0 Å². The van der Waals surface area contributed by atoms with Crippen molar-refractivity contribution in [3.63, 3.8) is 0 Å². The third kappa shape index (κ3) is 4.26. The van der Waals surface area contributed by atoms with E-state index in [9.17, 15) is 9.59 Å². The number of benzene rings is 2. The predicted molar refractivity (Wildman–Crippen MR) is 120 cm³/mol. The first-order valence-corrected chi connectivity index (χ1v) is 10.3. The topological polar surface area (TPSA) is 72.5 Å². The number of hydrogen-bond acceptors (Lipinski definition) is 4. The molecule has 0 unspecified atom stereocenters. The summed E-state index contributed by atoms with van der Waals surface area (Å²) in [5.41, 5.74) is 3.97. The Morgan fingerprint density at radius 3 is 2.39 bits per heavy atom. The van der Waals surface area contributed by atoms with Gasteiger partial charge in [0.25, 0.3) is 5.56 Å². The van der Waals surface area contributed by atoms with Crippen molar-refractivity contribution in [1.82, 2.24) is 24.3 Å². The predicted octanol–water partition coefficient (Wildman–Crippen LogP) is 3.09. The van der Waals surface area contributed by atoms with E-state index in [-0.39, 0.29) is 18.0 Å². The van der Waals surface area contributed by atoms with Gasteiger partial charge < -0.3 is 4.90 Å². The summed E-state index contributed by atoms with van der Waals surface area (Å²) in [6.07, 6.45) is 0.964. The summed E-state index contributed by atoms with van der Waals surface area (Å²) in [4.78, 5) is 27.3. The summed E-state index contributed by atoms with van der Waals surface area (Å²) < 4.78 is 2.76. The Kier molecular flexibility index (Phi) is 5.66. The lowest BCUT2D eigenvalue weighted by Crippen LogP contribution is -2.36. The molecule has 0 aliphatic heterocycles. The van der Waals surface area contributed by atoms with E-state index in [1.54, 1.807) is 29.5 Å². The molecule has 0 N–H and O–H groups in total. The van der Waals surface area contributed by atoms with Crippen molar-refractivity contribution >= 4 is 11.4 Å². The first kappa shape index (κ1) is 20.5. The molecule has 0 fully saturated rings. The number of carbonyl (C=O) groups is 1. The maximum Gasteiger partial charge on any atom is 0.293 e. The Hall–Kier alpha value is -3.74. The second-order valence-corrected chi connectivity index (χ2v) is 7.62. The largest absolute Gasteiger partial charge is 0.340 e. The van der Waals surface area contributed by atoms with Gasteiger partial charge in [-0.1, -0.05) is 61.5 Å². The van der Waals surface area contributed by atoms with Gasteiger partial charge in [-0.3, -0.25) is 9.59 Å². The first-order chi connectivity index (χ1) is 15.0. The highest BCUT2D eigenvalue weighted by molar-refractivity contribution is 5.75. The van der Waals surface area contributed by atoms with Crippen molar-refractivity contribution < 1.29 is 4.79 Å². The van der Waals surface area contributed by atoms with Crippen molar-refractivity contribution in [2.45, 2.75) is 33.4 Å². The van der Waals surface area contributed by atoms with Crippen molar-refractivity contribution in [2.75, 3.05) is 7.05 Å². The summed E-state index contributed by atoms with van der Waals surface area (Å²) in [5, 5.41) is 8.88. The minimum absolute atomic E-state index is 0.120. The van der Waals surface area contributed by atoms with E-state index in [4.69, 9.17) is 0 Å². The number of rotatable bonds is 6. The SMILES string of the molecule is CCc1ccc(-c2cc3c(=O)n(CC(=O)N(C)Cc4ccccc4)nc(C)n3n2)cc1. The molecule has 7 nitrogen and oxygen atoms in total. The Balaban J connectivity index is 1.60. The second-order valence-electron chi connectivity index (χ2n) is 7.62. The minimum Gasteiger partial charge on any atom is -0.340 e. The second kappa shape index (κ2) is 8.55. The van der Waals surface area contributed by atoms with Crippen LogP contribution >= 0.6 is 0 Å². The maximum atomic E-state index is 13.0. The van der Waals surface area contributed by atoms with Gasteiger partial charge in [0, 0.05) is 19.2 Å². The molecule has 31 heavy (non-hydrogen) atoms. The summed E-state index contributed by atoms with van der Waals surface area (Å²) in [7, 11) is 1.72. The van der Waals surface area contributed by atoms with Crippen LogP contribution in [-0.2, 0) is 24.3 Å². The lowest BCUT2D eigenvalue weighted by atomic mass is 10.1. The van der Waals surface area contributed by atoms with Crippen LogP contribution in [0.3, 0.4) is 0 Å². The molecule has 1 amide bonds. The third-order valence-electron chi connectivity index (χ3n) is 5.37. The smallest absolute Gasteiger partial charge is 0.293 e. The number of carbonyl (C=O) groups excluding carboxylic acids is 1. The Morgan fingerprint density at radius 1 is 1.00 bits per heavy atom. The Morgan fingerprint density at radius 2 is 1.71 bits per heavy atom. The van der Waals surface area contributed by atoms with E-state index >= 15 is 0 Å². The zero-order valence-corrected chi connectivity index (χ0v) is 17.9. The highest BCUT2D eigenvalue weighted by Gasteiger charge is 2.16. The minimum atomic E-state index is -0.337. The van der Waals surface area contributed by atoms with E-state index in [2.05, 4.69) is 29.3 Å². The van der Waals surface area contributed by atoms with Crippen LogP contribution in [0.1, 0.15) is 23.9 Å². The maximum absolute atomic E-state index is 13.0. The van der Waals surface area contributed by atoms with Crippen LogP contribution in [0.15, 0.2) is 65.5 Å². The Bertz CT molecular complexity index is 1270. The van der Waals surface area contributed by atoms with Gasteiger partial charge in [0.05, 0.1) is 5.69 Å². The standard InChI is InChI=1S/C24H25N5O2/c1-4-18-10-12-20(13-11-18)21-14-22-24(31)28(25-17(2)29(22)26-21)16-23(30)27(3)15-19-8-6-5-7-9-19/h5-14H,4,15-16H2,1-3H3. The molecule has 0 spiro atoms. The monoisotopic (exact) mass is 415 g/mol. The molecule has 4 aromatic rings. The molecule has 0 radical (unpaired) electrons. The van der Waals surface area contributed by atoms with Crippen molar-refractivity contribution in [3.8, 4) is 11.3 Å². The third-order valence-corrected chi connectivity index (χ3v) is 5.37. The molecule has 0 aliphatic carbocycles. The molecule has 2 aromatic carbocycles. The average molecular weight is 415 g/mol.